The minimum absolute atomic E-state index is 0.101. The lowest BCUT2D eigenvalue weighted by atomic mass is 9.79. The molecule has 0 spiro atoms. The quantitative estimate of drug-likeness (QED) is 0.512. The van der Waals surface area contributed by atoms with E-state index in [1.54, 1.807) is 11.3 Å². The van der Waals surface area contributed by atoms with Crippen molar-refractivity contribution < 1.29 is 0 Å². The van der Waals surface area contributed by atoms with Crippen LogP contribution in [0.25, 0.3) is 27.3 Å². The van der Waals surface area contributed by atoms with Crippen molar-refractivity contribution in [1.82, 2.24) is 29.7 Å². The molecule has 0 aromatic carbocycles. The molecule has 5 heterocycles. The Morgan fingerprint density at radius 2 is 1.81 bits per heavy atom. The van der Waals surface area contributed by atoms with Gasteiger partial charge >= 0.3 is 0 Å². The zero-order valence-electron chi connectivity index (χ0n) is 19.0. The minimum Gasteiger partial charge on any atom is -0.348 e. The van der Waals surface area contributed by atoms with Gasteiger partial charge in [0, 0.05) is 48.3 Å². The predicted octanol–water partition coefficient (Wildman–Crippen LogP) is 4.45. The highest BCUT2D eigenvalue weighted by molar-refractivity contribution is 7.22. The fourth-order valence-corrected chi connectivity index (χ4v) is 5.97. The summed E-state index contributed by atoms with van der Waals surface area (Å²) in [6, 6.07) is 2.56. The van der Waals surface area contributed by atoms with Gasteiger partial charge in [-0.05, 0) is 53.5 Å². The summed E-state index contributed by atoms with van der Waals surface area (Å²) >= 11 is 1.73. The van der Waals surface area contributed by atoms with Crippen LogP contribution in [0.15, 0.2) is 30.9 Å². The second-order valence-corrected chi connectivity index (χ2v) is 11.0. The number of hydrogen-bond acceptors (Lipinski definition) is 7. The molecular formula is C23H29N7S. The third-order valence-corrected chi connectivity index (χ3v) is 7.12. The topological polar surface area (TPSA) is 71.2 Å². The molecule has 0 bridgehead atoms. The molecule has 8 heteroatoms. The molecule has 31 heavy (non-hydrogen) atoms. The first-order valence-electron chi connectivity index (χ1n) is 10.7. The maximum absolute atomic E-state index is 4.90. The van der Waals surface area contributed by atoms with Gasteiger partial charge in [0.1, 0.15) is 5.52 Å². The van der Waals surface area contributed by atoms with Crippen LogP contribution in [0, 0.1) is 6.92 Å². The van der Waals surface area contributed by atoms with E-state index in [9.17, 15) is 0 Å². The highest BCUT2D eigenvalue weighted by Gasteiger charge is 2.39. The third kappa shape index (κ3) is 3.90. The average molecular weight is 436 g/mol. The van der Waals surface area contributed by atoms with Gasteiger partial charge in [0.05, 0.1) is 22.3 Å². The zero-order valence-corrected chi connectivity index (χ0v) is 19.8. The summed E-state index contributed by atoms with van der Waals surface area (Å²) < 4.78 is 3.09. The van der Waals surface area contributed by atoms with E-state index in [1.807, 2.05) is 36.1 Å². The van der Waals surface area contributed by atoms with E-state index in [-0.39, 0.29) is 11.1 Å². The van der Waals surface area contributed by atoms with Crippen LogP contribution in [0.3, 0.4) is 0 Å². The Kier molecular flexibility index (Phi) is 4.57. The average Bonchev–Trinajstić information content (AvgIpc) is 3.25. The second-order valence-electron chi connectivity index (χ2n) is 10.0. The summed E-state index contributed by atoms with van der Waals surface area (Å²) in [6.45, 7) is 11.1. The first-order chi connectivity index (χ1) is 14.6. The summed E-state index contributed by atoms with van der Waals surface area (Å²) in [7, 11) is 2.17. The fourth-order valence-electron chi connectivity index (χ4n) is 4.96. The Morgan fingerprint density at radius 3 is 2.55 bits per heavy atom. The number of pyridine rings is 1. The first kappa shape index (κ1) is 20.3. The van der Waals surface area contributed by atoms with Gasteiger partial charge in [0.25, 0.3) is 0 Å². The number of piperidine rings is 1. The third-order valence-electron chi connectivity index (χ3n) is 6.01. The molecule has 0 atom stereocenters. The van der Waals surface area contributed by atoms with Crippen molar-refractivity contribution >= 4 is 32.5 Å². The van der Waals surface area contributed by atoms with Gasteiger partial charge in [-0.15, -0.1) is 0 Å². The lowest BCUT2D eigenvalue weighted by molar-refractivity contribution is 0.161. The smallest absolute Gasteiger partial charge is 0.233 e. The van der Waals surface area contributed by atoms with Crippen LogP contribution in [0.2, 0.25) is 0 Å². The van der Waals surface area contributed by atoms with Crippen molar-refractivity contribution in [3.8, 4) is 11.3 Å². The number of imidazole rings is 1. The van der Waals surface area contributed by atoms with Crippen LogP contribution in [-0.4, -0.2) is 48.5 Å². The van der Waals surface area contributed by atoms with Crippen molar-refractivity contribution in [3.63, 3.8) is 0 Å². The molecule has 162 valence electrons. The molecule has 1 N–H and O–H groups in total. The van der Waals surface area contributed by atoms with E-state index in [0.717, 1.165) is 45.1 Å². The van der Waals surface area contributed by atoms with Gasteiger partial charge in [0.2, 0.25) is 5.78 Å². The summed E-state index contributed by atoms with van der Waals surface area (Å²) in [5, 5.41) is 4.82. The lowest BCUT2D eigenvalue weighted by Crippen LogP contribution is -2.61. The van der Waals surface area contributed by atoms with Crippen LogP contribution in [-0.2, 0) is 0 Å². The first-order valence-corrected chi connectivity index (χ1v) is 11.5. The Labute approximate surface area is 186 Å². The van der Waals surface area contributed by atoms with E-state index in [1.165, 1.54) is 0 Å². The standard InChI is InChI=1S/C23H29N7S/c1-14-12-30-13-15(10-25-20(30)26-14)17-7-19-18(11-24-17)27-21(31-19)29(6)16-8-22(2,3)28-23(4,5)9-16/h7,10-13,16,28H,8-9H2,1-6H3. The molecule has 1 aliphatic rings. The molecule has 4 aromatic heterocycles. The molecule has 1 aliphatic heterocycles. The van der Waals surface area contributed by atoms with Crippen LogP contribution in [0.1, 0.15) is 46.2 Å². The van der Waals surface area contributed by atoms with Gasteiger partial charge in [-0.2, -0.15) is 0 Å². The summed E-state index contributed by atoms with van der Waals surface area (Å²) in [5.74, 6) is 0.705. The van der Waals surface area contributed by atoms with Crippen LogP contribution in [0.5, 0.6) is 0 Å². The number of aromatic nitrogens is 5. The van der Waals surface area contributed by atoms with Crippen molar-refractivity contribution in [2.24, 2.45) is 0 Å². The number of nitrogens with one attached hydrogen (secondary N) is 1. The molecule has 0 unspecified atom stereocenters. The van der Waals surface area contributed by atoms with E-state index in [4.69, 9.17) is 4.98 Å². The van der Waals surface area contributed by atoms with Crippen LogP contribution in [0.4, 0.5) is 5.13 Å². The molecule has 1 fully saturated rings. The van der Waals surface area contributed by atoms with E-state index < -0.39 is 0 Å². The fraction of sp³-hybridized carbons (Fsp3) is 0.478. The number of thiazole rings is 1. The predicted molar refractivity (Wildman–Crippen MR) is 127 cm³/mol. The number of aryl methyl sites for hydroxylation is 1. The van der Waals surface area contributed by atoms with Crippen molar-refractivity contribution in [2.45, 2.75) is 64.6 Å². The number of rotatable bonds is 3. The molecular weight excluding hydrogens is 406 g/mol. The molecule has 4 aromatic rings. The van der Waals surface area contributed by atoms with E-state index >= 15 is 0 Å². The lowest BCUT2D eigenvalue weighted by Gasteiger charge is -2.48. The zero-order chi connectivity index (χ0) is 22.0. The molecule has 0 radical (unpaired) electrons. The van der Waals surface area contributed by atoms with Gasteiger partial charge < -0.3 is 10.2 Å². The number of anilines is 1. The molecule has 0 aliphatic carbocycles. The molecule has 5 rings (SSSR count). The van der Waals surface area contributed by atoms with Gasteiger partial charge in [-0.25, -0.2) is 15.0 Å². The SMILES string of the molecule is Cc1cn2cc(-c3cc4sc(N(C)C5CC(C)(C)NC(C)(C)C5)nc4cn3)cnc2n1. The molecule has 0 saturated carbocycles. The largest absolute Gasteiger partial charge is 0.348 e. The number of hydrogen-bond donors (Lipinski definition) is 1. The van der Waals surface area contributed by atoms with Crippen molar-refractivity contribution in [2.75, 3.05) is 11.9 Å². The Bertz CT molecular complexity index is 1250. The Hall–Kier alpha value is -2.58. The normalized spacial score (nSPS) is 18.6. The second kappa shape index (κ2) is 6.97. The van der Waals surface area contributed by atoms with Crippen molar-refractivity contribution in [1.29, 1.82) is 0 Å². The monoisotopic (exact) mass is 435 g/mol. The number of nitrogens with zero attached hydrogens (tertiary/aromatic N) is 6. The number of fused-ring (bicyclic) bond motifs is 2. The van der Waals surface area contributed by atoms with Crippen LogP contribution < -0.4 is 10.2 Å². The highest BCUT2D eigenvalue weighted by atomic mass is 32.1. The summed E-state index contributed by atoms with van der Waals surface area (Å²) in [5.41, 5.74) is 3.96. The summed E-state index contributed by atoms with van der Waals surface area (Å²) in [4.78, 5) is 20.8. The van der Waals surface area contributed by atoms with E-state index in [0.29, 0.717) is 11.8 Å². The van der Waals surface area contributed by atoms with Crippen LogP contribution >= 0.6 is 11.3 Å². The Morgan fingerprint density at radius 1 is 1.06 bits per heavy atom. The van der Waals surface area contributed by atoms with Crippen molar-refractivity contribution in [3.05, 3.63) is 36.5 Å². The van der Waals surface area contributed by atoms with Gasteiger partial charge in [0.15, 0.2) is 5.13 Å². The highest BCUT2D eigenvalue weighted by Crippen LogP contribution is 2.36. The molecule has 7 nitrogen and oxygen atoms in total. The van der Waals surface area contributed by atoms with Gasteiger partial charge in [-0.3, -0.25) is 9.38 Å². The minimum atomic E-state index is 0.101. The van der Waals surface area contributed by atoms with Gasteiger partial charge in [-0.1, -0.05) is 11.3 Å². The Balaban J connectivity index is 1.46. The maximum Gasteiger partial charge on any atom is 0.233 e. The van der Waals surface area contributed by atoms with E-state index in [2.05, 4.69) is 66.0 Å². The molecule has 1 saturated heterocycles. The summed E-state index contributed by atoms with van der Waals surface area (Å²) in [6.07, 6.45) is 9.89. The molecule has 0 amide bonds. The maximum atomic E-state index is 4.90.